The van der Waals surface area contributed by atoms with Crippen molar-refractivity contribution < 1.29 is 19.1 Å². The molecule has 0 aromatic heterocycles. The predicted molar refractivity (Wildman–Crippen MR) is 132 cm³/mol. The van der Waals surface area contributed by atoms with Crippen LogP contribution in [0.3, 0.4) is 0 Å². The van der Waals surface area contributed by atoms with E-state index < -0.39 is 12.0 Å². The van der Waals surface area contributed by atoms with Crippen molar-refractivity contribution in [3.05, 3.63) is 45.1 Å². The molecule has 186 valence electrons. The zero-order valence-electron chi connectivity index (χ0n) is 20.1. The number of hydrogen-bond donors (Lipinski definition) is 1. The van der Waals surface area contributed by atoms with Crippen LogP contribution in [-0.2, 0) is 14.3 Å². The summed E-state index contributed by atoms with van der Waals surface area (Å²) < 4.78 is 5.37. The van der Waals surface area contributed by atoms with Gasteiger partial charge < -0.3 is 15.0 Å². The number of esters is 1. The number of nitrogens with zero attached hydrogens (tertiary/aromatic N) is 3. The quantitative estimate of drug-likeness (QED) is 0.565. The van der Waals surface area contributed by atoms with Crippen molar-refractivity contribution in [2.75, 3.05) is 46.4 Å². The lowest BCUT2D eigenvalue weighted by molar-refractivity contribution is -0.139. The Bertz CT molecular complexity index is 974. The van der Waals surface area contributed by atoms with Gasteiger partial charge in [-0.2, -0.15) is 0 Å². The summed E-state index contributed by atoms with van der Waals surface area (Å²) in [6, 6.07) is 3.97. The number of urea groups is 1. The summed E-state index contributed by atoms with van der Waals surface area (Å²) in [6.07, 6.45) is 0.531. The Labute approximate surface area is 210 Å². The van der Waals surface area contributed by atoms with Crippen LogP contribution in [0.25, 0.3) is 0 Å². The molecule has 0 radical (unpaired) electrons. The molecule has 0 saturated carbocycles. The van der Waals surface area contributed by atoms with Gasteiger partial charge >= 0.3 is 12.0 Å². The molecular formula is C24H32Cl2N4O4. The number of halogens is 2. The van der Waals surface area contributed by atoms with E-state index in [1.807, 2.05) is 18.7 Å². The van der Waals surface area contributed by atoms with Gasteiger partial charge in [-0.15, -0.1) is 0 Å². The minimum absolute atomic E-state index is 0.158. The second-order valence-electron chi connectivity index (χ2n) is 8.92. The van der Waals surface area contributed by atoms with E-state index in [2.05, 4.69) is 10.2 Å². The van der Waals surface area contributed by atoms with Crippen molar-refractivity contribution >= 4 is 41.1 Å². The zero-order valence-corrected chi connectivity index (χ0v) is 21.6. The van der Waals surface area contributed by atoms with E-state index in [9.17, 15) is 14.4 Å². The lowest BCUT2D eigenvalue weighted by Gasteiger charge is -2.39. The van der Waals surface area contributed by atoms with Gasteiger partial charge in [-0.3, -0.25) is 14.6 Å². The van der Waals surface area contributed by atoms with Crippen molar-refractivity contribution in [3.8, 4) is 0 Å². The Morgan fingerprint density at radius 1 is 1.18 bits per heavy atom. The Hall–Kier alpha value is -2.29. The lowest BCUT2D eigenvalue weighted by Crippen LogP contribution is -2.53. The number of piperazine rings is 1. The molecule has 2 heterocycles. The molecule has 10 heteroatoms. The molecule has 0 spiro atoms. The second kappa shape index (κ2) is 11.4. The van der Waals surface area contributed by atoms with Crippen molar-refractivity contribution in [3.63, 3.8) is 0 Å². The van der Waals surface area contributed by atoms with Gasteiger partial charge in [0.15, 0.2) is 0 Å². The maximum Gasteiger partial charge on any atom is 0.338 e. The molecule has 2 aliphatic rings. The molecule has 1 atom stereocenters. The third-order valence-corrected chi connectivity index (χ3v) is 6.88. The number of carbonyl (C=O) groups is 3. The normalized spacial score (nSPS) is 19.5. The largest absolute Gasteiger partial charge is 0.463 e. The van der Waals surface area contributed by atoms with Crippen LogP contribution in [0.2, 0.25) is 10.0 Å². The number of likely N-dealkylation sites (N-methyl/N-ethyl adjacent to an activating group) is 1. The SMILES string of the molecule is CCOC(=O)C1=C(CN2CCN(C(=O)CC(C)C)CC2)N(C)C(=O)NC1c1cccc(Cl)c1Cl. The van der Waals surface area contributed by atoms with E-state index in [4.69, 9.17) is 27.9 Å². The van der Waals surface area contributed by atoms with Crippen LogP contribution in [0, 0.1) is 5.92 Å². The van der Waals surface area contributed by atoms with E-state index >= 15 is 0 Å². The highest BCUT2D eigenvalue weighted by Crippen LogP contribution is 2.37. The van der Waals surface area contributed by atoms with E-state index in [1.54, 1.807) is 32.2 Å². The van der Waals surface area contributed by atoms with Crippen LogP contribution in [0.5, 0.6) is 0 Å². The number of benzene rings is 1. The highest BCUT2D eigenvalue weighted by molar-refractivity contribution is 6.42. The molecule has 8 nitrogen and oxygen atoms in total. The second-order valence-corrected chi connectivity index (χ2v) is 9.71. The molecule has 1 saturated heterocycles. The average Bonchev–Trinajstić information content (AvgIpc) is 2.78. The zero-order chi connectivity index (χ0) is 25.0. The molecule has 3 rings (SSSR count). The Balaban J connectivity index is 1.91. The van der Waals surface area contributed by atoms with Crippen LogP contribution in [0.15, 0.2) is 29.5 Å². The van der Waals surface area contributed by atoms with Crippen LogP contribution in [0.1, 0.15) is 38.8 Å². The van der Waals surface area contributed by atoms with Gasteiger partial charge in [-0.05, 0) is 24.5 Å². The first-order valence-corrected chi connectivity index (χ1v) is 12.3. The minimum atomic E-state index is -0.794. The first-order chi connectivity index (χ1) is 16.1. The van der Waals surface area contributed by atoms with E-state index in [0.29, 0.717) is 66.9 Å². The number of hydrogen-bond acceptors (Lipinski definition) is 5. The summed E-state index contributed by atoms with van der Waals surface area (Å²) in [6.45, 7) is 8.84. The topological polar surface area (TPSA) is 82.2 Å². The van der Waals surface area contributed by atoms with Crippen LogP contribution in [0.4, 0.5) is 4.79 Å². The van der Waals surface area contributed by atoms with E-state index in [-0.39, 0.29) is 23.6 Å². The molecule has 1 unspecified atom stereocenters. The summed E-state index contributed by atoms with van der Waals surface area (Å²) in [5.41, 5.74) is 1.40. The predicted octanol–water partition coefficient (Wildman–Crippen LogP) is 3.70. The van der Waals surface area contributed by atoms with Gasteiger partial charge in [0.05, 0.1) is 28.3 Å². The fourth-order valence-corrected chi connectivity index (χ4v) is 4.64. The molecule has 1 aromatic carbocycles. The van der Waals surface area contributed by atoms with Crippen molar-refractivity contribution in [2.45, 2.75) is 33.2 Å². The summed E-state index contributed by atoms with van der Waals surface area (Å²) >= 11 is 12.7. The molecule has 2 aliphatic heterocycles. The summed E-state index contributed by atoms with van der Waals surface area (Å²) in [4.78, 5) is 43.9. The first-order valence-electron chi connectivity index (χ1n) is 11.5. The summed E-state index contributed by atoms with van der Waals surface area (Å²) in [7, 11) is 1.63. The van der Waals surface area contributed by atoms with Crippen molar-refractivity contribution in [1.82, 2.24) is 20.0 Å². The van der Waals surface area contributed by atoms with Crippen LogP contribution in [-0.4, -0.2) is 79.0 Å². The fraction of sp³-hybridized carbons (Fsp3) is 0.542. The van der Waals surface area contributed by atoms with Crippen LogP contribution < -0.4 is 5.32 Å². The molecule has 1 N–H and O–H groups in total. The lowest BCUT2D eigenvalue weighted by atomic mass is 9.94. The number of amides is 3. The maximum absolute atomic E-state index is 13.1. The molecular weight excluding hydrogens is 479 g/mol. The molecule has 1 fully saturated rings. The van der Waals surface area contributed by atoms with E-state index in [1.165, 1.54) is 4.90 Å². The summed E-state index contributed by atoms with van der Waals surface area (Å²) in [5, 5.41) is 3.47. The highest BCUT2D eigenvalue weighted by atomic mass is 35.5. The van der Waals surface area contributed by atoms with Crippen molar-refractivity contribution in [1.29, 1.82) is 0 Å². The summed E-state index contributed by atoms with van der Waals surface area (Å²) in [5.74, 6) is -0.0467. The minimum Gasteiger partial charge on any atom is -0.463 e. The fourth-order valence-electron chi connectivity index (χ4n) is 4.22. The first kappa shape index (κ1) is 26.3. The molecule has 3 amide bonds. The van der Waals surface area contributed by atoms with Crippen molar-refractivity contribution in [2.24, 2.45) is 5.92 Å². The number of carbonyl (C=O) groups excluding carboxylic acids is 3. The Morgan fingerprint density at radius 2 is 1.85 bits per heavy atom. The van der Waals surface area contributed by atoms with Gasteiger partial charge in [0, 0.05) is 51.9 Å². The Kier molecular flexibility index (Phi) is 8.84. The standard InChI is InChI=1S/C24H32Cl2N4O4/c1-5-34-23(32)20-18(14-29-9-11-30(12-10-29)19(31)13-15(2)3)28(4)24(33)27-22(20)16-7-6-8-17(25)21(16)26/h6-8,15,22H,5,9-14H2,1-4H3,(H,27,33). The van der Waals surface area contributed by atoms with Gasteiger partial charge in [0.25, 0.3) is 0 Å². The number of rotatable bonds is 7. The Morgan fingerprint density at radius 3 is 2.47 bits per heavy atom. The molecule has 34 heavy (non-hydrogen) atoms. The van der Waals surface area contributed by atoms with E-state index in [0.717, 1.165) is 0 Å². The number of nitrogens with one attached hydrogen (secondary N) is 1. The average molecular weight is 511 g/mol. The van der Waals surface area contributed by atoms with Gasteiger partial charge in [0.1, 0.15) is 0 Å². The molecule has 0 aliphatic carbocycles. The number of ether oxygens (including phenoxy) is 1. The molecule has 1 aromatic rings. The van der Waals surface area contributed by atoms with Gasteiger partial charge in [-0.25, -0.2) is 9.59 Å². The van der Waals surface area contributed by atoms with Gasteiger partial charge in [-0.1, -0.05) is 49.2 Å². The monoisotopic (exact) mass is 510 g/mol. The molecule has 0 bridgehead atoms. The maximum atomic E-state index is 13.1. The smallest absolute Gasteiger partial charge is 0.338 e. The highest BCUT2D eigenvalue weighted by Gasteiger charge is 2.38. The third kappa shape index (κ3) is 5.85. The van der Waals surface area contributed by atoms with Gasteiger partial charge in [0.2, 0.25) is 5.91 Å². The van der Waals surface area contributed by atoms with Crippen LogP contribution >= 0.6 is 23.2 Å². The third-order valence-electron chi connectivity index (χ3n) is 6.05.